The highest BCUT2D eigenvalue weighted by Crippen LogP contribution is 2.36. The molecule has 0 aliphatic carbocycles. The van der Waals surface area contributed by atoms with Crippen molar-refractivity contribution in [1.82, 2.24) is 34.9 Å². The first kappa shape index (κ1) is 78.8. The fraction of sp³-hybridized carbons (Fsp3) is 0.424. The third kappa shape index (κ3) is 22.7. The molecular weight excluding hydrogens is 1270 g/mol. The van der Waals surface area contributed by atoms with Gasteiger partial charge in [-0.15, -0.1) is 22.7 Å². The van der Waals surface area contributed by atoms with E-state index >= 15 is 0 Å². The van der Waals surface area contributed by atoms with Crippen LogP contribution in [0, 0.1) is 0 Å². The minimum Gasteiger partial charge on any atom is -0.382 e. The number of rotatable bonds is 18. The first-order valence-electron chi connectivity index (χ1n) is 36.2. The second kappa shape index (κ2) is 37.2. The second-order valence-corrected chi connectivity index (χ2v) is 31.6. The predicted octanol–water partition coefficient (Wildman–Crippen LogP) is 24.6. The molecule has 6 N–H and O–H groups in total. The molecule has 0 spiro atoms. The maximum Gasteiger partial charge on any atom is 0.116 e. The van der Waals surface area contributed by atoms with Crippen LogP contribution in [0.25, 0.3) is 63.9 Å². The van der Waals surface area contributed by atoms with Gasteiger partial charge in [0.2, 0.25) is 0 Å². The number of pyridine rings is 1. The minimum absolute atomic E-state index is 0.391. The van der Waals surface area contributed by atoms with E-state index in [0.29, 0.717) is 71.8 Å². The van der Waals surface area contributed by atoms with Crippen molar-refractivity contribution in [3.8, 4) is 0 Å². The van der Waals surface area contributed by atoms with Crippen LogP contribution in [0.15, 0.2) is 151 Å². The number of hydrogen-bond acceptors (Lipinski definition) is 15. The normalized spacial score (nSPS) is 11.5. The van der Waals surface area contributed by atoms with Crippen LogP contribution in [0.3, 0.4) is 0 Å². The Hall–Kier alpha value is -8.53. The standard InChI is InChI=1S/C15H20N2.3C14H19N3.2C14H19NS/c1-10(2)13-8-12-6-5-7-16-15(12)14(9-13)17-11(3)4;1-9(2)11-5-13-12(7-15-8-16-13)14(6-11)17-10(3)4;1-9(2)11-5-12-7-15-8-16-14(12)13(6-11)17-10(3)4;1-9(2)11-7-12-14(16-6-5-15-12)13(8-11)17-10(3)4;1-9(2)11-7-13(15-10(3)4)12-5-6-16-14(12)8-11;1-9(2)12-7-11-5-6-16-14(11)13(8-12)15-10(3)4/h5-11,17H,1-4H3;3*5-10,17H,1-4H3;2*5-10,15H,1-4H3. The SMILES string of the molecule is CC(C)Nc1cc(C(C)C)cc2cccnc12.CC(C)Nc1cc(C(C)C)cc2ccsc12.CC(C)Nc1cc(C(C)C)cc2cncnc12.CC(C)Nc1cc(C(C)C)cc2nccnc12.CC(C)Nc1cc(C(C)C)cc2ncncc12.CC(C)Nc1cc(C(C)C)cc2sccc12. The van der Waals surface area contributed by atoms with E-state index in [0.717, 1.165) is 61.1 Å². The Labute approximate surface area is 606 Å². The van der Waals surface area contributed by atoms with Gasteiger partial charge in [-0.25, -0.2) is 19.9 Å². The van der Waals surface area contributed by atoms with Crippen molar-refractivity contribution < 1.29 is 0 Å². The lowest BCUT2D eigenvalue weighted by Crippen LogP contribution is -2.11. The molecule has 12 rings (SSSR count). The van der Waals surface area contributed by atoms with Gasteiger partial charge in [0.15, 0.2) is 0 Å². The molecule has 532 valence electrons. The van der Waals surface area contributed by atoms with Crippen LogP contribution < -0.4 is 31.9 Å². The summed E-state index contributed by atoms with van der Waals surface area (Å²) >= 11 is 3.63. The molecule has 0 saturated heterocycles. The van der Waals surface area contributed by atoms with Gasteiger partial charge in [0, 0.05) is 105 Å². The van der Waals surface area contributed by atoms with Crippen LogP contribution in [0.5, 0.6) is 0 Å². The van der Waals surface area contributed by atoms with Crippen molar-refractivity contribution in [2.75, 3.05) is 31.9 Å². The summed E-state index contributed by atoms with van der Waals surface area (Å²) in [7, 11) is 0. The summed E-state index contributed by atoms with van der Waals surface area (Å²) in [5.74, 6) is 3.20. The molecule has 0 radical (unpaired) electrons. The van der Waals surface area contributed by atoms with Gasteiger partial charge in [-0.2, -0.15) is 0 Å². The first-order chi connectivity index (χ1) is 47.5. The molecular formula is C85H115N13S2. The molecule has 0 unspecified atom stereocenters. The molecule has 0 aliphatic rings. The molecule has 0 atom stereocenters. The molecule has 100 heavy (non-hydrogen) atoms. The van der Waals surface area contributed by atoms with Gasteiger partial charge in [-0.1, -0.05) is 89.2 Å². The number of benzene rings is 6. The van der Waals surface area contributed by atoms with Crippen molar-refractivity contribution in [2.45, 2.75) is 238 Å². The number of thiophene rings is 2. The molecule has 6 heterocycles. The van der Waals surface area contributed by atoms with E-state index in [1.807, 2.05) is 47.3 Å². The Balaban J connectivity index is 0.000000169. The zero-order chi connectivity index (χ0) is 73.1. The smallest absolute Gasteiger partial charge is 0.116 e. The molecule has 0 bridgehead atoms. The van der Waals surface area contributed by atoms with Crippen LogP contribution in [0.4, 0.5) is 34.1 Å². The predicted molar refractivity (Wildman–Crippen MR) is 441 cm³/mol. The number of hydrogen-bond donors (Lipinski definition) is 6. The fourth-order valence-corrected chi connectivity index (χ4v) is 13.0. The van der Waals surface area contributed by atoms with Gasteiger partial charge < -0.3 is 31.9 Å². The molecule has 6 aromatic heterocycles. The van der Waals surface area contributed by atoms with Gasteiger partial charge in [0.05, 0.1) is 49.5 Å². The molecule has 0 saturated carbocycles. The lowest BCUT2D eigenvalue weighted by Gasteiger charge is -2.15. The van der Waals surface area contributed by atoms with Crippen LogP contribution in [-0.2, 0) is 0 Å². The lowest BCUT2D eigenvalue weighted by molar-refractivity contribution is 0.863. The van der Waals surface area contributed by atoms with Gasteiger partial charge in [0.1, 0.15) is 18.2 Å². The molecule has 13 nitrogen and oxygen atoms in total. The van der Waals surface area contributed by atoms with Crippen LogP contribution in [0.1, 0.15) is 235 Å². The summed E-state index contributed by atoms with van der Waals surface area (Å²) in [6, 6.07) is 37.8. The average Bonchev–Trinajstić information content (AvgIpc) is 1.54. The fourth-order valence-electron chi connectivity index (χ4n) is 11.3. The number of aromatic nitrogens is 7. The monoisotopic (exact) mass is 1380 g/mol. The van der Waals surface area contributed by atoms with E-state index in [4.69, 9.17) is 0 Å². The number of anilines is 6. The van der Waals surface area contributed by atoms with Gasteiger partial charge in [-0.05, 0) is 259 Å². The molecule has 0 aliphatic heterocycles. The third-order valence-corrected chi connectivity index (χ3v) is 18.3. The van der Waals surface area contributed by atoms with Crippen LogP contribution in [0.2, 0.25) is 0 Å². The van der Waals surface area contributed by atoms with Gasteiger partial charge in [-0.3, -0.25) is 15.0 Å². The summed E-state index contributed by atoms with van der Waals surface area (Å²) in [4.78, 5) is 30.2. The van der Waals surface area contributed by atoms with Gasteiger partial charge in [0.25, 0.3) is 0 Å². The van der Waals surface area contributed by atoms with Crippen molar-refractivity contribution in [2.24, 2.45) is 0 Å². The maximum absolute atomic E-state index is 4.47. The summed E-state index contributed by atoms with van der Waals surface area (Å²) in [5.41, 5.74) is 20.1. The molecule has 0 fully saturated rings. The Morgan fingerprint density at radius 3 is 1.22 bits per heavy atom. The Morgan fingerprint density at radius 2 is 0.680 bits per heavy atom. The molecule has 12 aromatic rings. The number of nitrogens with one attached hydrogen (secondary N) is 6. The highest BCUT2D eigenvalue weighted by Gasteiger charge is 2.15. The largest absolute Gasteiger partial charge is 0.382 e. The molecule has 0 amide bonds. The zero-order valence-corrected chi connectivity index (χ0v) is 65.9. The second-order valence-electron chi connectivity index (χ2n) is 29.7. The lowest BCUT2D eigenvalue weighted by atomic mass is 9.99. The Kier molecular flexibility index (Phi) is 29.3. The zero-order valence-electron chi connectivity index (χ0n) is 64.3. The topological polar surface area (TPSA) is 162 Å². The summed E-state index contributed by atoms with van der Waals surface area (Å²) in [5, 5.41) is 31.4. The summed E-state index contributed by atoms with van der Waals surface area (Å²) in [6.45, 7) is 52.4. The van der Waals surface area contributed by atoms with Gasteiger partial charge >= 0.3 is 0 Å². The van der Waals surface area contributed by atoms with E-state index in [1.165, 1.54) is 70.3 Å². The first-order valence-corrected chi connectivity index (χ1v) is 37.9. The van der Waals surface area contributed by atoms with E-state index in [1.54, 1.807) is 25.0 Å². The molecule has 6 aromatic carbocycles. The quantitative estimate of drug-likeness (QED) is 0.0482. The highest BCUT2D eigenvalue weighted by molar-refractivity contribution is 7.18. The van der Waals surface area contributed by atoms with Crippen LogP contribution in [-0.4, -0.2) is 71.1 Å². The maximum atomic E-state index is 4.47. The Bertz CT molecular complexity index is 4040. The average molecular weight is 1380 g/mol. The Morgan fingerprint density at radius 1 is 0.290 bits per heavy atom. The van der Waals surface area contributed by atoms with Crippen molar-refractivity contribution in [3.05, 3.63) is 185 Å². The summed E-state index contributed by atoms with van der Waals surface area (Å²) < 4.78 is 2.76. The van der Waals surface area contributed by atoms with E-state index in [2.05, 4.69) is 335 Å². The van der Waals surface area contributed by atoms with E-state index < -0.39 is 0 Å². The van der Waals surface area contributed by atoms with Crippen molar-refractivity contribution in [3.63, 3.8) is 0 Å². The van der Waals surface area contributed by atoms with Crippen molar-refractivity contribution in [1.29, 1.82) is 0 Å². The summed E-state index contributed by atoms with van der Waals surface area (Å²) in [6.07, 6.45) is 12.3. The van der Waals surface area contributed by atoms with E-state index in [-0.39, 0.29) is 0 Å². The van der Waals surface area contributed by atoms with Crippen molar-refractivity contribution >= 4 is 121 Å². The van der Waals surface area contributed by atoms with Crippen LogP contribution >= 0.6 is 22.7 Å². The number of fused-ring (bicyclic) bond motifs is 6. The number of nitrogens with zero attached hydrogens (tertiary/aromatic N) is 7. The highest BCUT2D eigenvalue weighted by atomic mass is 32.1. The minimum atomic E-state index is 0.391. The third-order valence-electron chi connectivity index (χ3n) is 16.4. The molecule has 15 heteroatoms. The van der Waals surface area contributed by atoms with E-state index in [9.17, 15) is 0 Å².